The maximum Gasteiger partial charge on any atom is 0.260 e. The second kappa shape index (κ2) is 6.62. The van der Waals surface area contributed by atoms with Gasteiger partial charge in [-0.1, -0.05) is 47.9 Å². The van der Waals surface area contributed by atoms with Crippen LogP contribution in [0.2, 0.25) is 5.02 Å². The first-order valence-corrected chi connectivity index (χ1v) is 7.54. The molecule has 1 aromatic heterocycles. The molecule has 0 radical (unpaired) electrons. The van der Waals surface area contributed by atoms with E-state index >= 15 is 0 Å². The molecule has 0 saturated heterocycles. The minimum absolute atomic E-state index is 0.293. The highest BCUT2D eigenvalue weighted by Crippen LogP contribution is 2.27. The van der Waals surface area contributed by atoms with E-state index in [4.69, 9.17) is 16.1 Å². The van der Waals surface area contributed by atoms with Crippen LogP contribution in [0.25, 0.3) is 11.5 Å². The van der Waals surface area contributed by atoms with Crippen LogP contribution in [-0.2, 0) is 6.42 Å². The number of hydrogen-bond donors (Lipinski definition) is 1. The summed E-state index contributed by atoms with van der Waals surface area (Å²) in [5, 5.41) is 7.12. The Balaban J connectivity index is 1.92. The second-order valence-electron chi connectivity index (χ2n) is 4.85. The molecule has 0 atom stereocenters. The van der Waals surface area contributed by atoms with E-state index in [2.05, 4.69) is 15.5 Å². The average molecular weight is 328 g/mol. The van der Waals surface area contributed by atoms with Crippen LogP contribution < -0.4 is 5.32 Å². The lowest BCUT2D eigenvalue weighted by Gasteiger charge is -2.09. The molecule has 0 spiro atoms. The zero-order valence-electron chi connectivity index (χ0n) is 12.4. The molecule has 0 unspecified atom stereocenters. The quantitative estimate of drug-likeness (QED) is 0.779. The lowest BCUT2D eigenvalue weighted by atomic mass is 10.1. The average Bonchev–Trinajstić information content (AvgIpc) is 3.04. The number of amides is 1. The van der Waals surface area contributed by atoms with Crippen molar-refractivity contribution in [1.29, 1.82) is 0 Å². The Kier molecular flexibility index (Phi) is 4.39. The van der Waals surface area contributed by atoms with Gasteiger partial charge >= 0.3 is 0 Å². The van der Waals surface area contributed by atoms with Gasteiger partial charge in [-0.25, -0.2) is 0 Å². The molecule has 3 aromatic rings. The van der Waals surface area contributed by atoms with Crippen LogP contribution in [0, 0.1) is 0 Å². The van der Waals surface area contributed by atoms with E-state index in [1.54, 1.807) is 30.3 Å². The molecule has 0 aliphatic carbocycles. The first kappa shape index (κ1) is 15.2. The molecule has 1 heterocycles. The SMILES string of the molecule is CCc1noc(-c2ccccc2NC(=O)c2ccccc2Cl)n1. The number of aromatic nitrogens is 2. The molecule has 0 aliphatic rings. The lowest BCUT2D eigenvalue weighted by molar-refractivity contribution is 0.102. The van der Waals surface area contributed by atoms with Gasteiger partial charge in [-0.05, 0) is 24.3 Å². The van der Waals surface area contributed by atoms with Crippen molar-refractivity contribution in [2.45, 2.75) is 13.3 Å². The second-order valence-corrected chi connectivity index (χ2v) is 5.26. The Morgan fingerprint density at radius 1 is 1.17 bits per heavy atom. The van der Waals surface area contributed by atoms with Crippen molar-refractivity contribution in [2.24, 2.45) is 0 Å². The third-order valence-corrected chi connectivity index (χ3v) is 3.64. The number of halogens is 1. The normalized spacial score (nSPS) is 10.5. The van der Waals surface area contributed by atoms with Crippen LogP contribution in [0.3, 0.4) is 0 Å². The maximum absolute atomic E-state index is 12.4. The highest BCUT2D eigenvalue weighted by molar-refractivity contribution is 6.34. The highest BCUT2D eigenvalue weighted by atomic mass is 35.5. The topological polar surface area (TPSA) is 68.0 Å². The predicted molar refractivity (Wildman–Crippen MR) is 88.5 cm³/mol. The van der Waals surface area contributed by atoms with Crippen molar-refractivity contribution in [2.75, 3.05) is 5.32 Å². The fraction of sp³-hybridized carbons (Fsp3) is 0.118. The van der Waals surface area contributed by atoms with Crippen LogP contribution >= 0.6 is 11.6 Å². The van der Waals surface area contributed by atoms with Crippen molar-refractivity contribution in [1.82, 2.24) is 10.1 Å². The van der Waals surface area contributed by atoms with Gasteiger partial charge in [0.15, 0.2) is 5.82 Å². The molecule has 116 valence electrons. The minimum atomic E-state index is -0.293. The van der Waals surface area contributed by atoms with Gasteiger partial charge in [-0.3, -0.25) is 4.79 Å². The molecule has 6 heteroatoms. The Bertz CT molecular complexity index is 845. The number of nitrogens with zero attached hydrogens (tertiary/aromatic N) is 2. The summed E-state index contributed by atoms with van der Waals surface area (Å²) in [6.07, 6.45) is 0.678. The summed E-state index contributed by atoms with van der Waals surface area (Å²) in [6, 6.07) is 14.1. The summed E-state index contributed by atoms with van der Waals surface area (Å²) >= 11 is 6.06. The number of aryl methyl sites for hydroxylation is 1. The summed E-state index contributed by atoms with van der Waals surface area (Å²) in [4.78, 5) is 16.7. The van der Waals surface area contributed by atoms with E-state index in [0.717, 1.165) is 0 Å². The first-order chi connectivity index (χ1) is 11.2. The van der Waals surface area contributed by atoms with E-state index in [1.807, 2.05) is 25.1 Å². The molecular formula is C17H14ClN3O2. The zero-order valence-corrected chi connectivity index (χ0v) is 13.2. The van der Waals surface area contributed by atoms with Gasteiger partial charge in [0.1, 0.15) is 0 Å². The number of para-hydroxylation sites is 1. The molecular weight excluding hydrogens is 314 g/mol. The number of benzene rings is 2. The molecule has 1 N–H and O–H groups in total. The van der Waals surface area contributed by atoms with E-state index in [-0.39, 0.29) is 5.91 Å². The van der Waals surface area contributed by atoms with Crippen LogP contribution in [0.4, 0.5) is 5.69 Å². The number of carbonyl (C=O) groups is 1. The molecule has 3 rings (SSSR count). The standard InChI is InChI=1S/C17H14ClN3O2/c1-2-15-20-17(23-21-15)12-8-4-6-10-14(12)19-16(22)11-7-3-5-9-13(11)18/h3-10H,2H2,1H3,(H,19,22). The maximum atomic E-state index is 12.4. The summed E-state index contributed by atoms with van der Waals surface area (Å²) in [5.74, 6) is 0.697. The molecule has 1 amide bonds. The third kappa shape index (κ3) is 3.24. The van der Waals surface area contributed by atoms with E-state index in [9.17, 15) is 4.79 Å². The molecule has 5 nitrogen and oxygen atoms in total. The summed E-state index contributed by atoms with van der Waals surface area (Å²) in [5.41, 5.74) is 1.66. The van der Waals surface area contributed by atoms with Crippen molar-refractivity contribution in [3.05, 3.63) is 64.9 Å². The van der Waals surface area contributed by atoms with Crippen molar-refractivity contribution >= 4 is 23.2 Å². The van der Waals surface area contributed by atoms with E-state index in [0.29, 0.717) is 40.0 Å². The molecule has 0 fully saturated rings. The summed E-state index contributed by atoms with van der Waals surface area (Å²) in [7, 11) is 0. The lowest BCUT2D eigenvalue weighted by Crippen LogP contribution is -2.13. The number of nitrogens with one attached hydrogen (secondary N) is 1. The largest absolute Gasteiger partial charge is 0.334 e. The first-order valence-electron chi connectivity index (χ1n) is 7.17. The Morgan fingerprint density at radius 2 is 1.91 bits per heavy atom. The van der Waals surface area contributed by atoms with Crippen LogP contribution in [0.15, 0.2) is 53.1 Å². The van der Waals surface area contributed by atoms with Crippen molar-refractivity contribution < 1.29 is 9.32 Å². The van der Waals surface area contributed by atoms with Gasteiger partial charge in [0, 0.05) is 6.42 Å². The van der Waals surface area contributed by atoms with E-state index < -0.39 is 0 Å². The number of anilines is 1. The molecule has 23 heavy (non-hydrogen) atoms. The van der Waals surface area contributed by atoms with E-state index in [1.165, 1.54) is 0 Å². The van der Waals surface area contributed by atoms with Gasteiger partial charge in [0.2, 0.25) is 0 Å². The van der Waals surface area contributed by atoms with Gasteiger partial charge in [-0.2, -0.15) is 4.98 Å². The van der Waals surface area contributed by atoms with Crippen molar-refractivity contribution in [3.63, 3.8) is 0 Å². The number of carbonyl (C=O) groups excluding carboxylic acids is 1. The van der Waals surface area contributed by atoms with Crippen LogP contribution in [-0.4, -0.2) is 16.0 Å². The highest BCUT2D eigenvalue weighted by Gasteiger charge is 2.15. The molecule has 0 bridgehead atoms. The third-order valence-electron chi connectivity index (χ3n) is 3.31. The van der Waals surface area contributed by atoms with Gasteiger partial charge in [0.05, 0.1) is 21.8 Å². The molecule has 0 saturated carbocycles. The number of hydrogen-bond acceptors (Lipinski definition) is 4. The monoisotopic (exact) mass is 327 g/mol. The fourth-order valence-corrected chi connectivity index (χ4v) is 2.34. The smallest absolute Gasteiger partial charge is 0.260 e. The minimum Gasteiger partial charge on any atom is -0.334 e. The Morgan fingerprint density at radius 3 is 2.65 bits per heavy atom. The van der Waals surface area contributed by atoms with Crippen LogP contribution in [0.1, 0.15) is 23.1 Å². The number of rotatable bonds is 4. The van der Waals surface area contributed by atoms with Gasteiger partial charge in [-0.15, -0.1) is 0 Å². The van der Waals surface area contributed by atoms with Crippen LogP contribution in [0.5, 0.6) is 0 Å². The van der Waals surface area contributed by atoms with Gasteiger partial charge < -0.3 is 9.84 Å². The summed E-state index contributed by atoms with van der Waals surface area (Å²) < 4.78 is 5.25. The Labute approximate surface area is 138 Å². The van der Waals surface area contributed by atoms with Gasteiger partial charge in [0.25, 0.3) is 11.8 Å². The molecule has 2 aromatic carbocycles. The molecule has 0 aliphatic heterocycles. The summed E-state index contributed by atoms with van der Waals surface area (Å²) in [6.45, 7) is 1.94. The predicted octanol–water partition coefficient (Wildman–Crippen LogP) is 4.20. The van der Waals surface area contributed by atoms with Crippen molar-refractivity contribution in [3.8, 4) is 11.5 Å². The zero-order chi connectivity index (χ0) is 16.2. The Hall–Kier alpha value is -2.66. The fourth-order valence-electron chi connectivity index (χ4n) is 2.12.